The predicted octanol–water partition coefficient (Wildman–Crippen LogP) is 0.501. The van der Waals surface area contributed by atoms with Crippen LogP contribution in [-0.4, -0.2) is 29.8 Å². The Hall–Kier alpha value is -1.39. The summed E-state index contributed by atoms with van der Waals surface area (Å²) in [5, 5.41) is 1.82. The highest BCUT2D eigenvalue weighted by atomic mass is 16.2. The Balaban J connectivity index is 3.50. The third kappa shape index (κ3) is 1.20. The Morgan fingerprint density at radius 2 is 2.21 bits per heavy atom. The second-order valence-corrected chi connectivity index (χ2v) is 3.01. The summed E-state index contributed by atoms with van der Waals surface area (Å²) in [6.45, 7) is -1.86. The zero-order valence-corrected chi connectivity index (χ0v) is 7.88. The van der Waals surface area contributed by atoms with Gasteiger partial charge in [0.25, 0.3) is 0 Å². The number of nitrogens with one attached hydrogen (secondary N) is 1. The van der Waals surface area contributed by atoms with Crippen LogP contribution in [0.1, 0.15) is 33.4 Å². The number of carbonyl (C=O) groups excluding carboxylic acids is 3. The monoisotopic (exact) mass is 203 g/mol. The first kappa shape index (κ1) is 5.48. The van der Waals surface area contributed by atoms with Crippen LogP contribution < -0.4 is 5.32 Å². The van der Waals surface area contributed by atoms with Gasteiger partial charge in [0.05, 0.1) is 0 Å². The molecule has 4 amide bonds. The van der Waals surface area contributed by atoms with E-state index in [1.54, 1.807) is 0 Å². The average molecular weight is 203 g/mol. The average Bonchev–Trinajstić information content (AvgIpc) is 2.25. The predicted molar refractivity (Wildman–Crippen MR) is 49.3 cm³/mol. The molecule has 1 unspecified atom stereocenters. The molecule has 0 saturated carbocycles. The fraction of sp³-hybridized carbons (Fsp3) is 0.667. The summed E-state index contributed by atoms with van der Waals surface area (Å²) in [6.07, 6.45) is -3.47. The van der Waals surface area contributed by atoms with Gasteiger partial charge in [-0.15, -0.1) is 0 Å². The van der Waals surface area contributed by atoms with Crippen molar-refractivity contribution in [2.24, 2.45) is 5.41 Å². The van der Waals surface area contributed by atoms with Crippen LogP contribution in [0.2, 0.25) is 0 Å². The van der Waals surface area contributed by atoms with Gasteiger partial charge in [0.1, 0.15) is 5.41 Å². The molecular weight excluding hydrogens is 184 g/mol. The fourth-order valence-electron chi connectivity index (χ4n) is 1.27. The van der Waals surface area contributed by atoms with E-state index in [4.69, 9.17) is 6.85 Å². The van der Waals surface area contributed by atoms with Crippen molar-refractivity contribution in [3.63, 3.8) is 0 Å². The Kier molecular flexibility index (Phi) is 1.33. The summed E-state index contributed by atoms with van der Waals surface area (Å²) in [5.41, 5.74) is -2.44. The van der Waals surface area contributed by atoms with E-state index in [0.29, 0.717) is 4.90 Å². The molecule has 1 aliphatic rings. The highest BCUT2D eigenvalue weighted by Gasteiger charge is 2.50. The number of rotatable bonds is 2. The maximum absolute atomic E-state index is 12.1. The molecule has 1 N–H and O–H groups in total. The highest BCUT2D eigenvalue weighted by molar-refractivity contribution is 6.18. The number of hydrogen-bond acceptors (Lipinski definition) is 3. The van der Waals surface area contributed by atoms with Crippen LogP contribution in [0, 0.1) is 5.41 Å². The molecule has 0 aromatic carbocycles. The van der Waals surface area contributed by atoms with Crippen LogP contribution in [0.15, 0.2) is 0 Å². The van der Waals surface area contributed by atoms with Crippen LogP contribution >= 0.6 is 0 Å². The Morgan fingerprint density at radius 1 is 1.57 bits per heavy atom. The van der Waals surface area contributed by atoms with E-state index in [9.17, 15) is 14.4 Å². The lowest BCUT2D eigenvalue weighted by Gasteiger charge is -2.36. The van der Waals surface area contributed by atoms with E-state index in [1.165, 1.54) is 6.92 Å². The van der Waals surface area contributed by atoms with Gasteiger partial charge in [-0.3, -0.25) is 19.8 Å². The standard InChI is InChI=1S/C9H14N2O3/c1-4-9(5-2)6(12)10-8(14)11(3)7(9)13/h4-5H2,1-3H3,(H,10,12,14)/i1D3,4D2. The Labute approximate surface area is 89.5 Å². The SMILES string of the molecule is [2H]C([2H])([2H])C([2H])([2H])C1(CC)C(=O)NC(=O)N(C)C1=O. The first-order chi connectivity index (χ1) is 8.43. The molecule has 78 valence electrons. The van der Waals surface area contributed by atoms with E-state index in [-0.39, 0.29) is 6.42 Å². The zero-order chi connectivity index (χ0) is 15.2. The molecule has 5 nitrogen and oxygen atoms in total. The Bertz CT molecular complexity index is 448. The molecule has 1 heterocycles. The molecule has 0 aliphatic carbocycles. The molecule has 1 rings (SSSR count). The van der Waals surface area contributed by atoms with Crippen molar-refractivity contribution < 1.29 is 21.2 Å². The lowest BCUT2D eigenvalue weighted by Crippen LogP contribution is -2.62. The normalized spacial score (nSPS) is 35.1. The van der Waals surface area contributed by atoms with Gasteiger partial charge in [0.15, 0.2) is 0 Å². The Morgan fingerprint density at radius 3 is 2.71 bits per heavy atom. The van der Waals surface area contributed by atoms with Crippen molar-refractivity contribution in [2.45, 2.75) is 26.6 Å². The molecule has 0 radical (unpaired) electrons. The fourth-order valence-corrected chi connectivity index (χ4v) is 1.27. The highest BCUT2D eigenvalue weighted by Crippen LogP contribution is 2.31. The number of amides is 4. The second kappa shape index (κ2) is 3.40. The molecule has 0 bridgehead atoms. The molecule has 1 aliphatic heterocycles. The zero-order valence-electron chi connectivity index (χ0n) is 12.9. The minimum atomic E-state index is -3.18. The third-order valence-corrected chi connectivity index (χ3v) is 2.33. The first-order valence-corrected chi connectivity index (χ1v) is 4.07. The summed E-state index contributed by atoms with van der Waals surface area (Å²) in [4.78, 5) is 35.9. The number of hydrogen-bond donors (Lipinski definition) is 1. The van der Waals surface area contributed by atoms with Gasteiger partial charge < -0.3 is 0 Å². The number of urea groups is 1. The van der Waals surface area contributed by atoms with E-state index in [2.05, 4.69) is 0 Å². The van der Waals surface area contributed by atoms with Crippen molar-refractivity contribution in [1.29, 1.82) is 0 Å². The smallest absolute Gasteiger partial charge is 0.277 e. The van der Waals surface area contributed by atoms with Gasteiger partial charge >= 0.3 is 6.03 Å². The van der Waals surface area contributed by atoms with Gasteiger partial charge in [-0.25, -0.2) is 4.79 Å². The van der Waals surface area contributed by atoms with Crippen LogP contribution in [0.3, 0.4) is 0 Å². The molecule has 1 saturated heterocycles. The molecule has 14 heavy (non-hydrogen) atoms. The first-order valence-electron chi connectivity index (χ1n) is 6.57. The molecule has 1 fully saturated rings. The second-order valence-electron chi connectivity index (χ2n) is 3.01. The van der Waals surface area contributed by atoms with E-state index in [1.807, 2.05) is 5.32 Å². The summed E-state index contributed by atoms with van der Waals surface area (Å²) >= 11 is 0. The van der Waals surface area contributed by atoms with Crippen molar-refractivity contribution in [3.05, 3.63) is 0 Å². The molecule has 1 atom stereocenters. The molecule has 0 aromatic rings. The summed E-state index contributed by atoms with van der Waals surface area (Å²) in [7, 11) is 1.06. The van der Waals surface area contributed by atoms with Crippen LogP contribution in [-0.2, 0) is 9.59 Å². The quantitative estimate of drug-likeness (QED) is 0.664. The van der Waals surface area contributed by atoms with Crippen molar-refractivity contribution in [2.75, 3.05) is 7.05 Å². The van der Waals surface area contributed by atoms with Crippen molar-refractivity contribution in [3.8, 4) is 0 Å². The minimum Gasteiger partial charge on any atom is -0.277 e. The maximum Gasteiger partial charge on any atom is 0.330 e. The van der Waals surface area contributed by atoms with E-state index >= 15 is 0 Å². The van der Waals surface area contributed by atoms with Crippen molar-refractivity contribution in [1.82, 2.24) is 10.2 Å². The van der Waals surface area contributed by atoms with Gasteiger partial charge in [0, 0.05) is 13.9 Å². The summed E-state index contributed by atoms with van der Waals surface area (Å²) < 4.78 is 37.1. The van der Waals surface area contributed by atoms with Crippen LogP contribution in [0.25, 0.3) is 0 Å². The molecule has 5 heteroatoms. The van der Waals surface area contributed by atoms with Crippen LogP contribution in [0.4, 0.5) is 4.79 Å². The topological polar surface area (TPSA) is 66.5 Å². The number of carbonyl (C=O) groups is 3. The molecule has 0 aromatic heterocycles. The minimum absolute atomic E-state index is 0.374. The van der Waals surface area contributed by atoms with E-state index < -0.39 is 36.5 Å². The van der Waals surface area contributed by atoms with Gasteiger partial charge in [-0.2, -0.15) is 0 Å². The lowest BCUT2D eigenvalue weighted by molar-refractivity contribution is -0.151. The lowest BCUT2D eigenvalue weighted by atomic mass is 9.79. The number of imide groups is 2. The van der Waals surface area contributed by atoms with E-state index in [0.717, 1.165) is 7.05 Å². The van der Waals surface area contributed by atoms with Crippen LogP contribution in [0.5, 0.6) is 0 Å². The maximum atomic E-state index is 12.1. The molecular formula is C9H14N2O3. The summed E-state index contributed by atoms with van der Waals surface area (Å²) in [5.74, 6) is -2.37. The van der Waals surface area contributed by atoms with Gasteiger partial charge in [-0.1, -0.05) is 13.8 Å². The molecule has 0 spiro atoms. The van der Waals surface area contributed by atoms with Gasteiger partial charge in [0.2, 0.25) is 11.8 Å². The van der Waals surface area contributed by atoms with Crippen molar-refractivity contribution >= 4 is 17.8 Å². The van der Waals surface area contributed by atoms with Gasteiger partial charge in [-0.05, 0) is 12.8 Å². The number of barbiturate groups is 1. The third-order valence-electron chi connectivity index (χ3n) is 2.33. The summed E-state index contributed by atoms with van der Waals surface area (Å²) in [6, 6.07) is -1.000. The largest absolute Gasteiger partial charge is 0.330 e. The number of nitrogens with zero attached hydrogens (tertiary/aromatic N) is 1.